The zero-order valence-electron chi connectivity index (χ0n) is 14.1. The van der Waals surface area contributed by atoms with E-state index in [-0.39, 0.29) is 5.41 Å². The van der Waals surface area contributed by atoms with Gasteiger partial charge in [0, 0.05) is 0 Å². The molecular weight excluding hydrogens is 256 g/mol. The fraction of sp³-hybridized carbons (Fsp3) is 0.900. The minimum atomic E-state index is -0.424. The molecule has 1 heteroatoms. The molecule has 3 fully saturated rings. The normalized spacial score (nSPS) is 59.2. The summed E-state index contributed by atoms with van der Waals surface area (Å²) < 4.78 is 0. The van der Waals surface area contributed by atoms with E-state index in [1.165, 1.54) is 44.9 Å². The molecule has 3 saturated carbocycles. The summed E-state index contributed by atoms with van der Waals surface area (Å²) in [4.78, 5) is 0. The average molecular weight is 288 g/mol. The van der Waals surface area contributed by atoms with E-state index in [0.717, 1.165) is 30.1 Å². The van der Waals surface area contributed by atoms with E-state index in [1.807, 2.05) is 0 Å². The third kappa shape index (κ3) is 1.73. The molecule has 1 nitrogen and oxygen atoms in total. The van der Waals surface area contributed by atoms with Crippen molar-refractivity contribution < 1.29 is 5.11 Å². The summed E-state index contributed by atoms with van der Waals surface area (Å²) >= 11 is 0. The number of fused-ring (bicyclic) bond motifs is 5. The highest BCUT2D eigenvalue weighted by atomic mass is 16.3. The highest BCUT2D eigenvalue weighted by molar-refractivity contribution is 5.14. The molecule has 0 aliphatic heterocycles. The Morgan fingerprint density at radius 2 is 1.67 bits per heavy atom. The SMILES string of the molecule is CC12CC=CCC1CCC1C2CCC2(C)C1CCC2(C)O. The number of hydrogen-bond donors (Lipinski definition) is 1. The van der Waals surface area contributed by atoms with Crippen molar-refractivity contribution in [3.8, 4) is 0 Å². The van der Waals surface area contributed by atoms with Crippen molar-refractivity contribution in [3.63, 3.8) is 0 Å². The van der Waals surface area contributed by atoms with Crippen molar-refractivity contribution in [3.05, 3.63) is 12.2 Å². The second-order valence-corrected chi connectivity index (χ2v) is 9.34. The second kappa shape index (κ2) is 4.37. The van der Waals surface area contributed by atoms with Crippen molar-refractivity contribution in [2.75, 3.05) is 0 Å². The van der Waals surface area contributed by atoms with Crippen LogP contribution >= 0.6 is 0 Å². The largest absolute Gasteiger partial charge is 0.390 e. The van der Waals surface area contributed by atoms with E-state index >= 15 is 0 Å². The predicted molar refractivity (Wildman–Crippen MR) is 86.9 cm³/mol. The van der Waals surface area contributed by atoms with Gasteiger partial charge in [0.15, 0.2) is 0 Å². The van der Waals surface area contributed by atoms with Crippen LogP contribution in [0.25, 0.3) is 0 Å². The van der Waals surface area contributed by atoms with Crippen LogP contribution in [0.4, 0.5) is 0 Å². The maximum Gasteiger partial charge on any atom is 0.0675 e. The smallest absolute Gasteiger partial charge is 0.0675 e. The standard InChI is InChI=1S/C20H32O/c1-18-11-5-4-6-14(18)7-8-15-16(18)9-12-19(2)17(15)10-13-20(19,3)21/h4-5,14-17,21H,6-13H2,1-3H3. The number of rotatable bonds is 0. The fourth-order valence-corrected chi connectivity index (χ4v) is 7.08. The summed E-state index contributed by atoms with van der Waals surface area (Å²) in [6.45, 7) is 7.11. The Kier molecular flexibility index (Phi) is 2.98. The molecule has 0 aromatic carbocycles. The molecule has 0 aromatic rings. The Hall–Kier alpha value is -0.300. The number of allylic oxidation sites excluding steroid dienone is 2. The minimum absolute atomic E-state index is 0.182. The van der Waals surface area contributed by atoms with E-state index < -0.39 is 5.60 Å². The summed E-state index contributed by atoms with van der Waals surface area (Å²) in [5.74, 6) is 3.49. The van der Waals surface area contributed by atoms with E-state index in [0.29, 0.717) is 5.41 Å². The van der Waals surface area contributed by atoms with Gasteiger partial charge in [0.2, 0.25) is 0 Å². The van der Waals surface area contributed by atoms with Crippen LogP contribution in [0.2, 0.25) is 0 Å². The molecular formula is C20H32O. The summed E-state index contributed by atoms with van der Waals surface area (Å²) in [6, 6.07) is 0. The molecule has 7 unspecified atom stereocenters. The van der Waals surface area contributed by atoms with Gasteiger partial charge in [0.05, 0.1) is 5.60 Å². The molecule has 1 N–H and O–H groups in total. The van der Waals surface area contributed by atoms with Crippen LogP contribution in [0.15, 0.2) is 12.2 Å². The molecule has 7 atom stereocenters. The van der Waals surface area contributed by atoms with Crippen molar-refractivity contribution in [2.45, 2.75) is 77.7 Å². The molecule has 0 radical (unpaired) electrons. The highest BCUT2D eigenvalue weighted by Gasteiger charge is 2.62. The molecule has 4 aliphatic carbocycles. The van der Waals surface area contributed by atoms with Gasteiger partial charge in [-0.2, -0.15) is 0 Å². The van der Waals surface area contributed by atoms with Crippen LogP contribution in [-0.4, -0.2) is 10.7 Å². The summed E-state index contributed by atoms with van der Waals surface area (Å²) in [5.41, 5.74) is 0.308. The average Bonchev–Trinajstić information content (AvgIpc) is 2.69. The van der Waals surface area contributed by atoms with Crippen molar-refractivity contribution in [2.24, 2.45) is 34.5 Å². The zero-order chi connectivity index (χ0) is 14.9. The van der Waals surface area contributed by atoms with Crippen molar-refractivity contribution in [1.29, 1.82) is 0 Å². The fourth-order valence-electron chi connectivity index (χ4n) is 7.08. The molecule has 4 aliphatic rings. The molecule has 4 rings (SSSR count). The van der Waals surface area contributed by atoms with Gasteiger partial charge in [-0.25, -0.2) is 0 Å². The van der Waals surface area contributed by atoms with Crippen LogP contribution < -0.4 is 0 Å². The van der Waals surface area contributed by atoms with Crippen LogP contribution in [0.3, 0.4) is 0 Å². The van der Waals surface area contributed by atoms with Crippen LogP contribution in [0.1, 0.15) is 72.1 Å². The molecule has 21 heavy (non-hydrogen) atoms. The topological polar surface area (TPSA) is 20.2 Å². The Labute approximate surface area is 130 Å². The molecule has 0 saturated heterocycles. The minimum Gasteiger partial charge on any atom is -0.390 e. The first-order valence-electron chi connectivity index (χ1n) is 9.26. The second-order valence-electron chi connectivity index (χ2n) is 9.34. The van der Waals surface area contributed by atoms with Crippen molar-refractivity contribution in [1.82, 2.24) is 0 Å². The van der Waals surface area contributed by atoms with Gasteiger partial charge in [-0.3, -0.25) is 0 Å². The maximum absolute atomic E-state index is 10.9. The van der Waals surface area contributed by atoms with Crippen LogP contribution in [-0.2, 0) is 0 Å². The van der Waals surface area contributed by atoms with Gasteiger partial charge < -0.3 is 5.11 Å². The number of aliphatic hydroxyl groups is 1. The van der Waals surface area contributed by atoms with Gasteiger partial charge in [-0.15, -0.1) is 0 Å². The Bertz CT molecular complexity index is 464. The third-order valence-corrected chi connectivity index (χ3v) is 8.77. The van der Waals surface area contributed by atoms with Crippen LogP contribution in [0.5, 0.6) is 0 Å². The van der Waals surface area contributed by atoms with Gasteiger partial charge in [-0.05, 0) is 92.8 Å². The van der Waals surface area contributed by atoms with Gasteiger partial charge in [-0.1, -0.05) is 26.0 Å². The van der Waals surface area contributed by atoms with Gasteiger partial charge in [0.1, 0.15) is 0 Å². The first-order valence-corrected chi connectivity index (χ1v) is 9.26. The third-order valence-electron chi connectivity index (χ3n) is 8.77. The lowest BCUT2D eigenvalue weighted by Gasteiger charge is -2.60. The summed E-state index contributed by atoms with van der Waals surface area (Å²) in [7, 11) is 0. The Balaban J connectivity index is 1.68. The molecule has 0 aromatic heterocycles. The quantitative estimate of drug-likeness (QED) is 0.626. The lowest BCUT2D eigenvalue weighted by molar-refractivity contribution is -0.138. The predicted octanol–water partition coefficient (Wildman–Crippen LogP) is 4.95. The van der Waals surface area contributed by atoms with Crippen LogP contribution in [0, 0.1) is 34.5 Å². The molecule has 0 heterocycles. The molecule has 118 valence electrons. The molecule has 0 bridgehead atoms. The Morgan fingerprint density at radius 3 is 2.48 bits per heavy atom. The van der Waals surface area contributed by atoms with Gasteiger partial charge >= 0.3 is 0 Å². The van der Waals surface area contributed by atoms with E-state index in [1.54, 1.807) is 0 Å². The van der Waals surface area contributed by atoms with E-state index in [4.69, 9.17) is 0 Å². The zero-order valence-corrected chi connectivity index (χ0v) is 14.1. The summed E-state index contributed by atoms with van der Waals surface area (Å²) in [5, 5.41) is 10.9. The summed E-state index contributed by atoms with van der Waals surface area (Å²) in [6.07, 6.45) is 15.3. The lowest BCUT2D eigenvalue weighted by Crippen LogP contribution is -2.55. The lowest BCUT2D eigenvalue weighted by atomic mass is 9.45. The molecule has 0 amide bonds. The van der Waals surface area contributed by atoms with Gasteiger partial charge in [0.25, 0.3) is 0 Å². The first kappa shape index (κ1) is 14.3. The van der Waals surface area contributed by atoms with Crippen molar-refractivity contribution >= 4 is 0 Å². The monoisotopic (exact) mass is 288 g/mol. The highest BCUT2D eigenvalue weighted by Crippen LogP contribution is 2.67. The van der Waals surface area contributed by atoms with E-state index in [2.05, 4.69) is 32.9 Å². The number of hydrogen-bond acceptors (Lipinski definition) is 1. The Morgan fingerprint density at radius 1 is 0.905 bits per heavy atom. The van der Waals surface area contributed by atoms with E-state index in [9.17, 15) is 5.11 Å². The maximum atomic E-state index is 10.9. The first-order chi connectivity index (χ1) is 9.88. The molecule has 0 spiro atoms.